The zero-order chi connectivity index (χ0) is 38.3. The smallest absolute Gasteiger partial charge is 0.137 e. The molecule has 0 spiro atoms. The Hall–Kier alpha value is -5.94. The molecule has 4 bridgehead atoms. The Morgan fingerprint density at radius 1 is 0.632 bits per heavy atom. The van der Waals surface area contributed by atoms with Gasteiger partial charge in [-0.1, -0.05) is 72.8 Å². The summed E-state index contributed by atoms with van der Waals surface area (Å²) >= 11 is 0. The summed E-state index contributed by atoms with van der Waals surface area (Å²) in [5.74, 6) is 5.59. The molecule has 0 amide bonds. The third kappa shape index (κ3) is 5.65. The highest BCUT2D eigenvalue weighted by Crippen LogP contribution is 2.65. The zero-order valence-corrected chi connectivity index (χ0v) is 33.0. The van der Waals surface area contributed by atoms with Gasteiger partial charge in [0, 0.05) is 40.2 Å². The van der Waals surface area contributed by atoms with Crippen LogP contribution in [0.1, 0.15) is 65.5 Å². The lowest BCUT2D eigenvalue weighted by molar-refractivity contribution is -0.0419. The van der Waals surface area contributed by atoms with Gasteiger partial charge in [0.05, 0.1) is 23.3 Å². The van der Waals surface area contributed by atoms with E-state index in [1.165, 1.54) is 76.3 Å². The van der Waals surface area contributed by atoms with E-state index >= 15 is 0 Å². The van der Waals surface area contributed by atoms with Gasteiger partial charge in [-0.05, 0) is 158 Å². The topological polar surface area (TPSA) is 44.9 Å². The van der Waals surface area contributed by atoms with Crippen LogP contribution in [-0.4, -0.2) is 19.3 Å². The molecule has 0 saturated heterocycles. The molecule has 4 aliphatic carbocycles. The lowest BCUT2D eigenvalue weighted by Gasteiger charge is -2.62. The Morgan fingerprint density at radius 2 is 1.35 bits per heavy atom. The van der Waals surface area contributed by atoms with Crippen LogP contribution in [0.2, 0.25) is 0 Å². The van der Waals surface area contributed by atoms with Gasteiger partial charge in [-0.15, -0.1) is 0 Å². The molecule has 4 saturated carbocycles. The first-order chi connectivity index (χ1) is 27.9. The van der Waals surface area contributed by atoms with Gasteiger partial charge in [-0.3, -0.25) is 9.25 Å². The van der Waals surface area contributed by atoms with Crippen LogP contribution in [0.25, 0.3) is 38.9 Å². The van der Waals surface area contributed by atoms with E-state index in [4.69, 9.17) is 14.8 Å². The van der Waals surface area contributed by atoms with E-state index in [-0.39, 0.29) is 5.41 Å². The molecule has 4 aliphatic rings. The highest BCUT2D eigenvalue weighted by atomic mass is 16.5. The lowest BCUT2D eigenvalue weighted by atomic mass is 9.42. The molecule has 8 aromatic rings. The normalized spacial score (nSPS) is 22.4. The van der Waals surface area contributed by atoms with Gasteiger partial charge >= 0.3 is 0 Å². The monoisotopic (exact) mass is 744 g/mol. The largest absolute Gasteiger partial charge is 0.457 e. The number of benzene rings is 5. The molecule has 12 rings (SSSR count). The van der Waals surface area contributed by atoms with Gasteiger partial charge in [-0.25, -0.2) is 4.98 Å². The first-order valence-corrected chi connectivity index (χ1v) is 20.8. The highest BCUT2D eigenvalue weighted by molar-refractivity contribution is 6.09. The maximum atomic E-state index is 6.66. The summed E-state index contributed by atoms with van der Waals surface area (Å²) < 4.78 is 11.0. The molecule has 0 radical (unpaired) electrons. The SMILES string of the molecule is Cc1cc(C2(c3ccnc(-n4c5ccccc5c5ccc(Oc6cccc(-c7ccn(Cc8ccccc8)n7)c6)cc54)c3)C3CC4CC(C3)CC2C4)cc(C)c1C. The van der Waals surface area contributed by atoms with E-state index in [1.807, 2.05) is 29.1 Å². The number of ether oxygens (including phenoxy) is 1. The van der Waals surface area contributed by atoms with Crippen LogP contribution in [0.15, 0.2) is 140 Å². The minimum Gasteiger partial charge on any atom is -0.457 e. The molecule has 57 heavy (non-hydrogen) atoms. The number of rotatable bonds is 8. The second-order valence-electron chi connectivity index (χ2n) is 17.4. The third-order valence-electron chi connectivity index (χ3n) is 14.1. The standard InChI is InChI=1S/C52H48N4O/c1-33-22-41(23-34(2)35(33)3)52(42-25-37-24-38(27-42)28-43(52)26-37)40-18-20-53-51(30-40)56-49-15-8-7-14-46(49)47-17-16-45(31-50(47)56)57-44-13-9-12-39(29-44)48-19-21-55(54-48)32-36-10-5-4-6-11-36/h4-23,29-31,37-38,42-43H,24-28,32H2,1-3H3. The molecule has 3 heterocycles. The van der Waals surface area contributed by atoms with Gasteiger partial charge in [0.2, 0.25) is 0 Å². The first kappa shape index (κ1) is 34.3. The van der Waals surface area contributed by atoms with E-state index in [0.29, 0.717) is 11.8 Å². The predicted molar refractivity (Wildman–Crippen MR) is 230 cm³/mol. The summed E-state index contributed by atoms with van der Waals surface area (Å²) in [6.07, 6.45) is 10.9. The molecular formula is C52H48N4O. The molecule has 3 aromatic heterocycles. The van der Waals surface area contributed by atoms with Crippen LogP contribution in [0, 0.1) is 44.4 Å². The molecule has 0 aliphatic heterocycles. The van der Waals surface area contributed by atoms with Crippen LogP contribution < -0.4 is 4.74 Å². The van der Waals surface area contributed by atoms with Gasteiger partial charge in [0.25, 0.3) is 0 Å². The fraction of sp³-hybridized carbons (Fsp3) is 0.269. The first-order valence-electron chi connectivity index (χ1n) is 20.8. The van der Waals surface area contributed by atoms with Crippen molar-refractivity contribution in [3.63, 3.8) is 0 Å². The van der Waals surface area contributed by atoms with Gasteiger partial charge in [0.15, 0.2) is 0 Å². The highest BCUT2D eigenvalue weighted by Gasteiger charge is 2.58. The number of pyridine rings is 1. The van der Waals surface area contributed by atoms with Crippen molar-refractivity contribution in [2.24, 2.45) is 23.7 Å². The second-order valence-corrected chi connectivity index (χ2v) is 17.4. The molecule has 0 N–H and O–H groups in total. The van der Waals surface area contributed by atoms with Gasteiger partial charge in [-0.2, -0.15) is 5.10 Å². The summed E-state index contributed by atoms with van der Waals surface area (Å²) in [7, 11) is 0. The number of fused-ring (bicyclic) bond motifs is 3. The Labute approximate surface area is 335 Å². The second kappa shape index (κ2) is 13.3. The van der Waals surface area contributed by atoms with Crippen LogP contribution in [0.5, 0.6) is 11.5 Å². The molecular weight excluding hydrogens is 697 g/mol. The van der Waals surface area contributed by atoms with Crippen molar-refractivity contribution in [3.8, 4) is 28.6 Å². The van der Waals surface area contributed by atoms with E-state index < -0.39 is 0 Å². The van der Waals surface area contributed by atoms with Crippen LogP contribution in [0.4, 0.5) is 0 Å². The molecule has 0 atom stereocenters. The average Bonchev–Trinajstić information content (AvgIpc) is 3.83. The third-order valence-corrected chi connectivity index (χ3v) is 14.1. The van der Waals surface area contributed by atoms with Crippen molar-refractivity contribution >= 4 is 21.8 Å². The summed E-state index contributed by atoms with van der Waals surface area (Å²) in [5.41, 5.74) is 12.6. The molecule has 5 nitrogen and oxygen atoms in total. The van der Waals surface area contributed by atoms with Crippen molar-refractivity contribution < 1.29 is 4.74 Å². The van der Waals surface area contributed by atoms with E-state index in [1.54, 1.807) is 0 Å². The number of aryl methyl sites for hydroxylation is 2. The Bertz CT molecular complexity index is 2760. The lowest BCUT2D eigenvalue weighted by Crippen LogP contribution is -2.56. The molecule has 5 heteroatoms. The number of hydrogen-bond donors (Lipinski definition) is 0. The van der Waals surface area contributed by atoms with Gasteiger partial charge < -0.3 is 4.74 Å². The fourth-order valence-electron chi connectivity index (χ4n) is 11.6. The number of aromatic nitrogens is 4. The summed E-state index contributed by atoms with van der Waals surface area (Å²) in [5, 5.41) is 7.29. The minimum absolute atomic E-state index is 0.0102. The number of para-hydroxylation sites is 1. The number of hydrogen-bond acceptors (Lipinski definition) is 3. The Kier molecular flexibility index (Phi) is 8.03. The average molecular weight is 745 g/mol. The maximum Gasteiger partial charge on any atom is 0.137 e. The minimum atomic E-state index is -0.0102. The van der Waals surface area contributed by atoms with Gasteiger partial charge in [0.1, 0.15) is 17.3 Å². The van der Waals surface area contributed by atoms with Crippen molar-refractivity contribution in [2.75, 3.05) is 0 Å². The Morgan fingerprint density at radius 3 is 2.14 bits per heavy atom. The van der Waals surface area contributed by atoms with Crippen LogP contribution in [0.3, 0.4) is 0 Å². The maximum absolute atomic E-state index is 6.66. The van der Waals surface area contributed by atoms with Crippen molar-refractivity contribution in [1.82, 2.24) is 19.3 Å². The van der Waals surface area contributed by atoms with Crippen LogP contribution >= 0.6 is 0 Å². The molecule has 5 aromatic carbocycles. The molecule has 0 unspecified atom stereocenters. The van der Waals surface area contributed by atoms with Crippen LogP contribution in [-0.2, 0) is 12.0 Å². The van der Waals surface area contributed by atoms with Crippen molar-refractivity contribution in [2.45, 2.75) is 64.8 Å². The fourth-order valence-corrected chi connectivity index (χ4v) is 11.6. The Balaban J connectivity index is 0.988. The summed E-state index contributed by atoms with van der Waals surface area (Å²) in [6.45, 7) is 7.63. The van der Waals surface area contributed by atoms with E-state index in [2.05, 4.69) is 141 Å². The zero-order valence-electron chi connectivity index (χ0n) is 33.0. The number of nitrogens with zero attached hydrogens (tertiary/aromatic N) is 4. The van der Waals surface area contributed by atoms with Crippen molar-refractivity contribution in [1.29, 1.82) is 0 Å². The molecule has 4 fully saturated rings. The van der Waals surface area contributed by atoms with E-state index in [0.717, 1.165) is 58.0 Å². The molecule has 282 valence electrons. The van der Waals surface area contributed by atoms with E-state index in [9.17, 15) is 0 Å². The van der Waals surface area contributed by atoms with Crippen molar-refractivity contribution in [3.05, 3.63) is 173 Å². The predicted octanol–water partition coefficient (Wildman–Crippen LogP) is 12.6. The summed E-state index contributed by atoms with van der Waals surface area (Å²) in [6, 6.07) is 45.9. The quantitative estimate of drug-likeness (QED) is 0.156. The summed E-state index contributed by atoms with van der Waals surface area (Å²) in [4.78, 5) is 5.17.